The highest BCUT2D eigenvalue weighted by atomic mass is 35.5. The zero-order chi connectivity index (χ0) is 15.0. The van der Waals surface area contributed by atoms with E-state index < -0.39 is 23.2 Å². The highest BCUT2D eigenvalue weighted by Gasteiger charge is 2.39. The van der Waals surface area contributed by atoms with Gasteiger partial charge in [0.1, 0.15) is 0 Å². The largest absolute Gasteiger partial charge is 0.481 e. The van der Waals surface area contributed by atoms with Crippen molar-refractivity contribution in [1.29, 1.82) is 0 Å². The van der Waals surface area contributed by atoms with Crippen LogP contribution in [0.15, 0.2) is 18.2 Å². The third-order valence-electron chi connectivity index (χ3n) is 3.11. The van der Waals surface area contributed by atoms with Crippen LogP contribution in [0, 0.1) is 0 Å². The van der Waals surface area contributed by atoms with Gasteiger partial charge in [-0.25, -0.2) is 0 Å². The number of anilines is 1. The number of nitrogens with one attached hydrogen (secondary N) is 2. The number of hydrogen-bond acceptors (Lipinski definition) is 3. The minimum atomic E-state index is -4.46. The van der Waals surface area contributed by atoms with Gasteiger partial charge >= 0.3 is 12.1 Å². The molecule has 0 aliphatic carbocycles. The molecular formula is C12H12ClF3N2O2. The Balaban J connectivity index is 2.19. The Bertz CT molecular complexity index is 530. The first-order valence-corrected chi connectivity index (χ1v) is 6.17. The number of alkyl halides is 3. The van der Waals surface area contributed by atoms with E-state index in [4.69, 9.17) is 16.7 Å². The van der Waals surface area contributed by atoms with Crippen LogP contribution in [0.3, 0.4) is 0 Å². The van der Waals surface area contributed by atoms with Crippen molar-refractivity contribution < 1.29 is 23.1 Å². The summed E-state index contributed by atoms with van der Waals surface area (Å²) >= 11 is 5.83. The van der Waals surface area contributed by atoms with E-state index in [-0.39, 0.29) is 11.4 Å². The van der Waals surface area contributed by atoms with Crippen LogP contribution in [-0.2, 0) is 11.0 Å². The molecule has 3 N–H and O–H groups in total. The molecule has 1 saturated heterocycles. The molecule has 0 radical (unpaired) electrons. The molecular weight excluding hydrogens is 297 g/mol. The summed E-state index contributed by atoms with van der Waals surface area (Å²) in [5.41, 5.74) is -1.26. The van der Waals surface area contributed by atoms with Crippen LogP contribution in [-0.4, -0.2) is 29.7 Å². The highest BCUT2D eigenvalue weighted by Crippen LogP contribution is 2.35. The summed E-state index contributed by atoms with van der Waals surface area (Å²) in [6, 6.07) is 2.95. The summed E-state index contributed by atoms with van der Waals surface area (Å²) in [4.78, 5) is 10.8. The molecule has 0 bridgehead atoms. The molecule has 0 unspecified atom stereocenters. The van der Waals surface area contributed by atoms with Crippen LogP contribution in [0.1, 0.15) is 12.0 Å². The Morgan fingerprint density at radius 2 is 2.10 bits per heavy atom. The maximum absolute atomic E-state index is 12.5. The lowest BCUT2D eigenvalue weighted by Gasteiger charge is -2.43. The molecule has 1 aliphatic heterocycles. The van der Waals surface area contributed by atoms with Crippen LogP contribution in [0.4, 0.5) is 18.9 Å². The molecule has 8 heteroatoms. The van der Waals surface area contributed by atoms with Gasteiger partial charge in [0.2, 0.25) is 0 Å². The summed E-state index contributed by atoms with van der Waals surface area (Å²) < 4.78 is 37.6. The second kappa shape index (κ2) is 5.14. The zero-order valence-electron chi connectivity index (χ0n) is 10.2. The van der Waals surface area contributed by atoms with E-state index in [9.17, 15) is 18.0 Å². The first-order valence-electron chi connectivity index (χ1n) is 5.79. The summed E-state index contributed by atoms with van der Waals surface area (Å²) in [7, 11) is 0. The Labute approximate surface area is 117 Å². The Morgan fingerprint density at radius 1 is 1.45 bits per heavy atom. The van der Waals surface area contributed by atoms with Crippen LogP contribution in [0.25, 0.3) is 0 Å². The van der Waals surface area contributed by atoms with Gasteiger partial charge in [-0.2, -0.15) is 13.2 Å². The van der Waals surface area contributed by atoms with E-state index in [1.807, 2.05) is 0 Å². The Kier molecular flexibility index (Phi) is 3.84. The molecule has 1 aliphatic rings. The molecule has 1 aromatic carbocycles. The second-order valence-electron chi connectivity index (χ2n) is 4.77. The van der Waals surface area contributed by atoms with Gasteiger partial charge in [0.15, 0.2) is 0 Å². The van der Waals surface area contributed by atoms with Gasteiger partial charge in [0.05, 0.1) is 28.2 Å². The number of halogens is 4. The number of hydrogen-bond donors (Lipinski definition) is 3. The van der Waals surface area contributed by atoms with Crippen LogP contribution >= 0.6 is 11.6 Å². The van der Waals surface area contributed by atoms with Crippen molar-refractivity contribution in [3.8, 4) is 0 Å². The number of carbonyl (C=O) groups is 1. The predicted octanol–water partition coefficient (Wildman–Crippen LogP) is 2.59. The molecule has 0 amide bonds. The number of rotatable bonds is 4. The third-order valence-corrected chi connectivity index (χ3v) is 3.43. The van der Waals surface area contributed by atoms with Crippen LogP contribution < -0.4 is 10.6 Å². The fourth-order valence-corrected chi connectivity index (χ4v) is 2.28. The Hall–Kier alpha value is -1.47. The van der Waals surface area contributed by atoms with Crippen LogP contribution in [0.5, 0.6) is 0 Å². The lowest BCUT2D eigenvalue weighted by atomic mass is 9.88. The molecule has 1 aromatic rings. The van der Waals surface area contributed by atoms with E-state index in [0.717, 1.165) is 12.1 Å². The molecule has 0 aromatic heterocycles. The van der Waals surface area contributed by atoms with Gasteiger partial charge in [-0.05, 0) is 18.2 Å². The highest BCUT2D eigenvalue weighted by molar-refractivity contribution is 6.33. The molecule has 20 heavy (non-hydrogen) atoms. The minimum absolute atomic E-state index is 0.0866. The monoisotopic (exact) mass is 308 g/mol. The number of aliphatic carboxylic acids is 1. The molecule has 2 rings (SSSR count). The first kappa shape index (κ1) is 14.9. The quantitative estimate of drug-likeness (QED) is 0.800. The average molecular weight is 309 g/mol. The van der Waals surface area contributed by atoms with Gasteiger partial charge < -0.3 is 15.7 Å². The lowest BCUT2D eigenvalue weighted by Crippen LogP contribution is -2.65. The smallest absolute Gasteiger partial charge is 0.416 e. The van der Waals surface area contributed by atoms with Gasteiger partial charge in [-0.1, -0.05) is 11.6 Å². The fraction of sp³-hybridized carbons (Fsp3) is 0.417. The van der Waals surface area contributed by atoms with E-state index in [1.165, 1.54) is 6.07 Å². The van der Waals surface area contributed by atoms with Crippen molar-refractivity contribution in [3.05, 3.63) is 28.8 Å². The summed E-state index contributed by atoms with van der Waals surface area (Å²) in [5.74, 6) is -0.984. The Morgan fingerprint density at radius 3 is 2.50 bits per heavy atom. The van der Waals surface area contributed by atoms with Crippen molar-refractivity contribution >= 4 is 23.3 Å². The van der Waals surface area contributed by atoms with Crippen molar-refractivity contribution in [2.75, 3.05) is 18.4 Å². The predicted molar refractivity (Wildman–Crippen MR) is 67.9 cm³/mol. The van der Waals surface area contributed by atoms with Gasteiger partial charge in [0.25, 0.3) is 0 Å². The van der Waals surface area contributed by atoms with Gasteiger partial charge in [-0.3, -0.25) is 4.79 Å². The number of carboxylic acid groups (broad SMARTS) is 1. The second-order valence-corrected chi connectivity index (χ2v) is 5.18. The number of carboxylic acids is 1. The maximum Gasteiger partial charge on any atom is 0.416 e. The maximum atomic E-state index is 12.5. The molecule has 1 heterocycles. The molecule has 0 spiro atoms. The molecule has 1 fully saturated rings. The molecule has 0 atom stereocenters. The first-order chi connectivity index (χ1) is 9.22. The zero-order valence-corrected chi connectivity index (χ0v) is 11.0. The standard InChI is InChI=1S/C12H12ClF3N2O2/c13-8-3-7(12(14,15)16)1-2-9(8)18-11(4-10(19)20)5-17-6-11/h1-3,17-18H,4-6H2,(H,19,20). The van der Waals surface area contributed by atoms with Crippen molar-refractivity contribution in [2.45, 2.75) is 18.1 Å². The summed E-state index contributed by atoms with van der Waals surface area (Å²) in [6.45, 7) is 0.827. The van der Waals surface area contributed by atoms with Gasteiger partial charge in [-0.15, -0.1) is 0 Å². The minimum Gasteiger partial charge on any atom is -0.481 e. The van der Waals surface area contributed by atoms with E-state index >= 15 is 0 Å². The van der Waals surface area contributed by atoms with Crippen molar-refractivity contribution in [1.82, 2.24) is 5.32 Å². The molecule has 4 nitrogen and oxygen atoms in total. The normalized spacial score (nSPS) is 17.4. The van der Waals surface area contributed by atoms with E-state index in [2.05, 4.69) is 10.6 Å². The molecule has 110 valence electrons. The SMILES string of the molecule is O=C(O)CC1(Nc2ccc(C(F)(F)F)cc2Cl)CNC1. The van der Waals surface area contributed by atoms with E-state index in [1.54, 1.807) is 0 Å². The third kappa shape index (κ3) is 3.16. The van der Waals surface area contributed by atoms with Crippen molar-refractivity contribution in [2.24, 2.45) is 0 Å². The fourth-order valence-electron chi connectivity index (χ4n) is 2.05. The van der Waals surface area contributed by atoms with E-state index in [0.29, 0.717) is 18.8 Å². The molecule has 0 saturated carbocycles. The van der Waals surface area contributed by atoms with Crippen molar-refractivity contribution in [3.63, 3.8) is 0 Å². The van der Waals surface area contributed by atoms with Crippen LogP contribution in [0.2, 0.25) is 5.02 Å². The number of benzene rings is 1. The lowest BCUT2D eigenvalue weighted by molar-refractivity contribution is -0.139. The summed E-state index contributed by atoms with van der Waals surface area (Å²) in [6.07, 6.45) is -4.60. The topological polar surface area (TPSA) is 61.4 Å². The van der Waals surface area contributed by atoms with Gasteiger partial charge in [0, 0.05) is 13.1 Å². The summed E-state index contributed by atoms with van der Waals surface area (Å²) in [5, 5.41) is 14.6. The average Bonchev–Trinajstić information content (AvgIpc) is 2.26.